The van der Waals surface area contributed by atoms with Crippen molar-refractivity contribution in [2.75, 3.05) is 12.9 Å². The third-order valence-corrected chi connectivity index (χ3v) is 6.12. The molecule has 0 saturated carbocycles. The van der Waals surface area contributed by atoms with E-state index in [1.54, 1.807) is 41.9 Å². The number of benzene rings is 1. The number of hydrazone groups is 1. The average Bonchev–Trinajstić information content (AvgIpc) is 3.43. The molecule has 0 unspecified atom stereocenters. The quantitative estimate of drug-likeness (QED) is 0.454. The molecule has 1 aliphatic rings. The Labute approximate surface area is 171 Å². The lowest BCUT2D eigenvalue weighted by Crippen LogP contribution is -2.28. The van der Waals surface area contributed by atoms with Gasteiger partial charge in [0, 0.05) is 18.8 Å². The van der Waals surface area contributed by atoms with Crippen LogP contribution in [0.25, 0.3) is 0 Å². The zero-order valence-corrected chi connectivity index (χ0v) is 16.8. The largest absolute Gasteiger partial charge is 0.497 e. The minimum Gasteiger partial charge on any atom is -0.497 e. The van der Waals surface area contributed by atoms with Crippen molar-refractivity contribution in [1.82, 2.24) is 15.0 Å². The first-order valence-corrected chi connectivity index (χ1v) is 10.6. The summed E-state index contributed by atoms with van der Waals surface area (Å²) in [6, 6.07) is 13.5. The van der Waals surface area contributed by atoms with E-state index >= 15 is 0 Å². The number of thioether (sulfide) groups is 1. The van der Waals surface area contributed by atoms with Gasteiger partial charge in [0.25, 0.3) is 5.91 Å². The molecule has 4 rings (SSSR count). The average molecular weight is 411 g/mol. The molecule has 1 atom stereocenters. The van der Waals surface area contributed by atoms with Gasteiger partial charge in [-0.2, -0.15) is 5.10 Å². The van der Waals surface area contributed by atoms with E-state index in [9.17, 15) is 4.79 Å². The van der Waals surface area contributed by atoms with Gasteiger partial charge >= 0.3 is 0 Å². The van der Waals surface area contributed by atoms with Crippen molar-refractivity contribution in [3.05, 3.63) is 70.7 Å². The number of amides is 1. The lowest BCUT2D eigenvalue weighted by Gasteiger charge is -2.22. The molecule has 2 aromatic heterocycles. The van der Waals surface area contributed by atoms with Gasteiger partial charge in [-0.15, -0.1) is 11.3 Å². The van der Waals surface area contributed by atoms with Gasteiger partial charge in [-0.05, 0) is 35.2 Å². The molecule has 142 valence electrons. The number of ether oxygens (including phenoxy) is 1. The number of methoxy groups -OCH3 is 1. The van der Waals surface area contributed by atoms with Crippen molar-refractivity contribution < 1.29 is 9.53 Å². The van der Waals surface area contributed by atoms with Crippen LogP contribution in [0.4, 0.5) is 0 Å². The number of aromatic nitrogens is 2. The van der Waals surface area contributed by atoms with Gasteiger partial charge in [0.15, 0.2) is 5.16 Å². The number of hydrogen-bond donors (Lipinski definition) is 0. The molecule has 3 aromatic rings. The fraction of sp³-hybridized carbons (Fsp3) is 0.200. The van der Waals surface area contributed by atoms with E-state index < -0.39 is 0 Å². The molecule has 28 heavy (non-hydrogen) atoms. The van der Waals surface area contributed by atoms with E-state index in [1.807, 2.05) is 41.8 Å². The number of carbonyl (C=O) groups excluding carboxylic acids is 1. The maximum atomic E-state index is 13.0. The van der Waals surface area contributed by atoms with Crippen molar-refractivity contribution in [1.29, 1.82) is 0 Å². The van der Waals surface area contributed by atoms with Gasteiger partial charge in [-0.3, -0.25) is 4.79 Å². The standard InChI is InChI=1S/C20H18N4O2S2/c1-26-15-7-5-14(6-8-15)17-12-16(18-4-2-11-27-18)23-24(17)19(25)13-28-20-21-9-3-10-22-20/h2-11,17H,12-13H2,1H3/t17-/m0/s1. The molecule has 0 saturated heterocycles. The second-order valence-electron chi connectivity index (χ2n) is 6.08. The van der Waals surface area contributed by atoms with E-state index in [0.29, 0.717) is 11.6 Å². The summed E-state index contributed by atoms with van der Waals surface area (Å²) in [4.78, 5) is 22.4. The Kier molecular flexibility index (Phi) is 5.68. The molecule has 0 aliphatic carbocycles. The van der Waals surface area contributed by atoms with E-state index in [2.05, 4.69) is 15.1 Å². The summed E-state index contributed by atoms with van der Waals surface area (Å²) in [6.07, 6.45) is 4.02. The molecule has 0 N–H and O–H groups in total. The number of carbonyl (C=O) groups is 1. The van der Waals surface area contributed by atoms with Crippen LogP contribution in [-0.4, -0.2) is 39.5 Å². The van der Waals surface area contributed by atoms with Crippen LogP contribution in [0.1, 0.15) is 22.9 Å². The smallest absolute Gasteiger partial charge is 0.253 e. The molecular formula is C20H18N4O2S2. The second kappa shape index (κ2) is 8.53. The van der Waals surface area contributed by atoms with Crippen LogP contribution in [0.3, 0.4) is 0 Å². The van der Waals surface area contributed by atoms with Crippen molar-refractivity contribution in [3.8, 4) is 5.75 Å². The highest BCUT2D eigenvalue weighted by molar-refractivity contribution is 7.99. The predicted octanol–water partition coefficient (Wildman–Crippen LogP) is 4.02. The van der Waals surface area contributed by atoms with Crippen LogP contribution >= 0.6 is 23.1 Å². The minimum absolute atomic E-state index is 0.0650. The summed E-state index contributed by atoms with van der Waals surface area (Å²) in [5, 5.41) is 8.88. The SMILES string of the molecule is COc1ccc([C@@H]2CC(c3cccs3)=NN2C(=O)CSc2ncccn2)cc1. The highest BCUT2D eigenvalue weighted by Gasteiger charge is 2.33. The Hall–Kier alpha value is -2.71. The molecule has 0 spiro atoms. The van der Waals surface area contributed by atoms with Crippen LogP contribution in [-0.2, 0) is 4.79 Å². The first-order chi connectivity index (χ1) is 13.7. The highest BCUT2D eigenvalue weighted by atomic mass is 32.2. The Morgan fingerprint density at radius 1 is 1.21 bits per heavy atom. The Balaban J connectivity index is 1.56. The lowest BCUT2D eigenvalue weighted by atomic mass is 10.0. The molecule has 1 amide bonds. The summed E-state index contributed by atoms with van der Waals surface area (Å²) >= 11 is 2.95. The Bertz CT molecular complexity index is 960. The van der Waals surface area contributed by atoms with Gasteiger partial charge in [0.05, 0.1) is 29.5 Å². The number of thiophene rings is 1. The number of hydrogen-bond acceptors (Lipinski definition) is 7. The van der Waals surface area contributed by atoms with Crippen LogP contribution in [0, 0.1) is 0 Å². The van der Waals surface area contributed by atoms with Crippen LogP contribution in [0.15, 0.2) is 70.5 Å². The normalized spacial score (nSPS) is 16.1. The van der Waals surface area contributed by atoms with Crippen molar-refractivity contribution in [2.45, 2.75) is 17.6 Å². The Morgan fingerprint density at radius 2 is 2.00 bits per heavy atom. The Morgan fingerprint density at radius 3 is 2.68 bits per heavy atom. The summed E-state index contributed by atoms with van der Waals surface area (Å²) < 4.78 is 5.25. The van der Waals surface area contributed by atoms with Crippen molar-refractivity contribution in [2.24, 2.45) is 5.10 Å². The topological polar surface area (TPSA) is 67.7 Å². The highest BCUT2D eigenvalue weighted by Crippen LogP contribution is 2.35. The van der Waals surface area contributed by atoms with Crippen LogP contribution in [0.2, 0.25) is 0 Å². The molecule has 1 aliphatic heterocycles. The maximum Gasteiger partial charge on any atom is 0.253 e. The first-order valence-electron chi connectivity index (χ1n) is 8.72. The molecule has 3 heterocycles. The minimum atomic E-state index is -0.132. The molecule has 8 heteroatoms. The van der Waals surface area contributed by atoms with Crippen LogP contribution < -0.4 is 4.74 Å². The molecule has 0 fully saturated rings. The first kappa shape index (κ1) is 18.6. The third kappa shape index (κ3) is 4.07. The fourth-order valence-corrected chi connectivity index (χ4v) is 4.35. The summed E-state index contributed by atoms with van der Waals surface area (Å²) in [7, 11) is 1.64. The molecule has 1 aromatic carbocycles. The summed E-state index contributed by atoms with van der Waals surface area (Å²) in [6.45, 7) is 0. The van der Waals surface area contributed by atoms with E-state index in [4.69, 9.17) is 4.74 Å². The van der Waals surface area contributed by atoms with Gasteiger partial charge in [-0.25, -0.2) is 15.0 Å². The van der Waals surface area contributed by atoms with Gasteiger partial charge in [0.2, 0.25) is 0 Å². The van der Waals surface area contributed by atoms with E-state index in [-0.39, 0.29) is 17.7 Å². The van der Waals surface area contributed by atoms with Gasteiger partial charge < -0.3 is 4.74 Å². The predicted molar refractivity (Wildman–Crippen MR) is 111 cm³/mol. The molecule has 6 nitrogen and oxygen atoms in total. The molecule has 0 bridgehead atoms. The van der Waals surface area contributed by atoms with E-state index in [1.165, 1.54) is 11.8 Å². The van der Waals surface area contributed by atoms with Crippen molar-refractivity contribution >= 4 is 34.7 Å². The summed E-state index contributed by atoms with van der Waals surface area (Å²) in [5.74, 6) is 0.957. The lowest BCUT2D eigenvalue weighted by molar-refractivity contribution is -0.130. The van der Waals surface area contributed by atoms with Gasteiger partial charge in [0.1, 0.15) is 5.75 Å². The zero-order chi connectivity index (χ0) is 19.3. The molecular weight excluding hydrogens is 392 g/mol. The summed E-state index contributed by atoms with van der Waals surface area (Å²) in [5.41, 5.74) is 1.97. The maximum absolute atomic E-state index is 13.0. The number of rotatable bonds is 6. The number of nitrogens with zero attached hydrogens (tertiary/aromatic N) is 4. The van der Waals surface area contributed by atoms with Crippen LogP contribution in [0.5, 0.6) is 5.75 Å². The van der Waals surface area contributed by atoms with Gasteiger partial charge in [-0.1, -0.05) is 30.0 Å². The molecule has 0 radical (unpaired) electrons. The monoisotopic (exact) mass is 410 g/mol. The third-order valence-electron chi connectivity index (χ3n) is 4.34. The van der Waals surface area contributed by atoms with E-state index in [0.717, 1.165) is 21.9 Å². The second-order valence-corrected chi connectivity index (χ2v) is 7.97. The zero-order valence-electron chi connectivity index (χ0n) is 15.2. The van der Waals surface area contributed by atoms with Crippen molar-refractivity contribution in [3.63, 3.8) is 0 Å². The fourth-order valence-electron chi connectivity index (χ4n) is 2.97.